The highest BCUT2D eigenvalue weighted by Crippen LogP contribution is 2.31. The van der Waals surface area contributed by atoms with Crippen LogP contribution in [0.1, 0.15) is 32.6 Å². The van der Waals surface area contributed by atoms with Crippen molar-refractivity contribution in [3.63, 3.8) is 0 Å². The maximum absolute atomic E-state index is 11.9. The van der Waals surface area contributed by atoms with Crippen LogP contribution in [0.4, 0.5) is 10.5 Å². The number of carbonyl (C=O) groups is 1. The van der Waals surface area contributed by atoms with Gasteiger partial charge in [0.1, 0.15) is 0 Å². The number of nitrogens with one attached hydrogen (secondary N) is 2. The first-order valence-electron chi connectivity index (χ1n) is 7.60. The van der Waals surface area contributed by atoms with Gasteiger partial charge in [-0.2, -0.15) is 0 Å². The number of amides is 2. The van der Waals surface area contributed by atoms with Gasteiger partial charge in [-0.05, 0) is 37.8 Å². The van der Waals surface area contributed by atoms with E-state index in [-0.39, 0.29) is 6.03 Å². The zero-order valence-corrected chi connectivity index (χ0v) is 13.4. The Bertz CT molecular complexity index is 549. The Hall–Kier alpha value is -2.17. The molecule has 1 aromatic rings. The molecule has 0 atom stereocenters. The monoisotopic (exact) mass is 304 g/mol. The molecule has 0 unspecified atom stereocenters. The fourth-order valence-electron chi connectivity index (χ4n) is 2.76. The lowest BCUT2D eigenvalue weighted by molar-refractivity contribution is 0.255. The maximum atomic E-state index is 11.9. The molecule has 0 bridgehead atoms. The number of urea groups is 1. The van der Waals surface area contributed by atoms with E-state index in [1.165, 1.54) is 31.3 Å². The Labute approximate surface area is 131 Å². The van der Waals surface area contributed by atoms with Gasteiger partial charge in [0.15, 0.2) is 11.5 Å². The number of hydrogen-bond donors (Lipinski definition) is 2. The summed E-state index contributed by atoms with van der Waals surface area (Å²) in [6, 6.07) is 5.00. The molecular formula is C17H24N2O3. The maximum Gasteiger partial charge on any atom is 0.323 e. The lowest BCUT2D eigenvalue weighted by Gasteiger charge is -2.12. The van der Waals surface area contributed by atoms with Gasteiger partial charge in [-0.3, -0.25) is 0 Å². The lowest BCUT2D eigenvalue weighted by Crippen LogP contribution is -2.24. The minimum absolute atomic E-state index is 0.260. The van der Waals surface area contributed by atoms with Crippen molar-refractivity contribution in [2.75, 3.05) is 19.5 Å². The summed E-state index contributed by atoms with van der Waals surface area (Å²) in [5, 5.41) is 5.57. The number of allylic oxidation sites excluding steroid dienone is 1. The molecule has 0 aromatic heterocycles. The number of ether oxygens (including phenoxy) is 2. The molecule has 120 valence electrons. The zero-order chi connectivity index (χ0) is 15.9. The number of carbonyl (C=O) groups excluding carboxylic acids is 1. The third-order valence-corrected chi connectivity index (χ3v) is 4.07. The number of benzene rings is 1. The van der Waals surface area contributed by atoms with E-state index in [4.69, 9.17) is 9.47 Å². The molecule has 0 heterocycles. The van der Waals surface area contributed by atoms with Gasteiger partial charge in [0.25, 0.3) is 0 Å². The first kappa shape index (κ1) is 16.2. The van der Waals surface area contributed by atoms with Crippen molar-refractivity contribution in [2.24, 2.45) is 5.92 Å². The molecule has 1 saturated carbocycles. The van der Waals surface area contributed by atoms with E-state index in [0.717, 1.165) is 0 Å². The van der Waals surface area contributed by atoms with Crippen molar-refractivity contribution < 1.29 is 14.3 Å². The molecule has 0 saturated heterocycles. The summed E-state index contributed by atoms with van der Waals surface area (Å²) in [4.78, 5) is 11.9. The Morgan fingerprint density at radius 2 is 1.86 bits per heavy atom. The van der Waals surface area contributed by atoms with Crippen LogP contribution in [0.15, 0.2) is 30.0 Å². The standard InChI is InChI=1S/C17H24N2O3/c1-12(13-6-4-5-7-13)11-18-17(20)19-14-8-9-15(21-2)16(10-14)22-3/h8-11,13H,4-7H2,1-3H3,(H2,18,19,20)/b12-11+. The molecule has 1 fully saturated rings. The minimum atomic E-state index is -0.260. The van der Waals surface area contributed by atoms with E-state index >= 15 is 0 Å². The summed E-state index contributed by atoms with van der Waals surface area (Å²) in [5.74, 6) is 1.82. The highest BCUT2D eigenvalue weighted by Gasteiger charge is 2.16. The summed E-state index contributed by atoms with van der Waals surface area (Å²) in [6.07, 6.45) is 6.83. The van der Waals surface area contributed by atoms with Crippen LogP contribution >= 0.6 is 0 Å². The van der Waals surface area contributed by atoms with Crippen LogP contribution in [0.2, 0.25) is 0 Å². The fraction of sp³-hybridized carbons (Fsp3) is 0.471. The molecule has 1 aromatic carbocycles. The van der Waals surface area contributed by atoms with Crippen molar-refractivity contribution in [1.82, 2.24) is 5.32 Å². The first-order valence-corrected chi connectivity index (χ1v) is 7.60. The van der Waals surface area contributed by atoms with Crippen molar-refractivity contribution in [3.05, 3.63) is 30.0 Å². The predicted octanol–water partition coefficient (Wildman–Crippen LogP) is 3.92. The minimum Gasteiger partial charge on any atom is -0.493 e. The van der Waals surface area contributed by atoms with Gasteiger partial charge in [0.2, 0.25) is 0 Å². The SMILES string of the molecule is COc1ccc(NC(=O)N/C=C(\C)C2CCCC2)cc1OC. The van der Waals surface area contributed by atoms with Crippen LogP contribution in [-0.2, 0) is 0 Å². The zero-order valence-electron chi connectivity index (χ0n) is 13.4. The molecule has 5 heteroatoms. The fourth-order valence-corrected chi connectivity index (χ4v) is 2.76. The highest BCUT2D eigenvalue weighted by atomic mass is 16.5. The van der Waals surface area contributed by atoms with Crippen molar-refractivity contribution >= 4 is 11.7 Å². The van der Waals surface area contributed by atoms with E-state index in [1.807, 2.05) is 6.20 Å². The van der Waals surface area contributed by atoms with Crippen LogP contribution in [0.25, 0.3) is 0 Å². The van der Waals surface area contributed by atoms with Crippen LogP contribution in [-0.4, -0.2) is 20.3 Å². The molecule has 2 N–H and O–H groups in total. The number of anilines is 1. The molecule has 1 aliphatic rings. The molecule has 2 amide bonds. The molecule has 1 aliphatic carbocycles. The molecule has 22 heavy (non-hydrogen) atoms. The molecule has 0 aliphatic heterocycles. The quantitative estimate of drug-likeness (QED) is 0.866. The van der Waals surface area contributed by atoms with Gasteiger partial charge in [0, 0.05) is 18.0 Å². The van der Waals surface area contributed by atoms with Crippen LogP contribution in [0, 0.1) is 5.92 Å². The average molecular weight is 304 g/mol. The largest absolute Gasteiger partial charge is 0.493 e. The second kappa shape index (κ2) is 7.73. The van der Waals surface area contributed by atoms with Crippen LogP contribution in [0.5, 0.6) is 11.5 Å². The Morgan fingerprint density at radius 3 is 2.50 bits per heavy atom. The van der Waals surface area contributed by atoms with E-state index in [0.29, 0.717) is 23.1 Å². The molecule has 5 nitrogen and oxygen atoms in total. The average Bonchev–Trinajstić information content (AvgIpc) is 3.07. The smallest absolute Gasteiger partial charge is 0.323 e. The highest BCUT2D eigenvalue weighted by molar-refractivity contribution is 5.90. The lowest BCUT2D eigenvalue weighted by atomic mass is 10.0. The summed E-state index contributed by atoms with van der Waals surface area (Å²) in [6.45, 7) is 2.08. The molecule has 0 spiro atoms. The Balaban J connectivity index is 1.92. The second-order valence-corrected chi connectivity index (χ2v) is 5.54. The van der Waals surface area contributed by atoms with Crippen molar-refractivity contribution in [1.29, 1.82) is 0 Å². The van der Waals surface area contributed by atoms with Gasteiger partial charge < -0.3 is 20.1 Å². The van der Waals surface area contributed by atoms with E-state index in [1.54, 1.807) is 32.4 Å². The van der Waals surface area contributed by atoms with Gasteiger partial charge in [-0.1, -0.05) is 18.4 Å². The topological polar surface area (TPSA) is 59.6 Å². The third-order valence-electron chi connectivity index (χ3n) is 4.07. The third kappa shape index (κ3) is 4.16. The van der Waals surface area contributed by atoms with Crippen LogP contribution in [0.3, 0.4) is 0 Å². The van der Waals surface area contributed by atoms with E-state index < -0.39 is 0 Å². The normalized spacial score (nSPS) is 15.5. The Kier molecular flexibility index (Phi) is 5.69. The number of methoxy groups -OCH3 is 2. The number of hydrogen-bond acceptors (Lipinski definition) is 3. The molecule has 2 rings (SSSR count). The summed E-state index contributed by atoms with van der Waals surface area (Å²) in [5.41, 5.74) is 1.89. The van der Waals surface area contributed by atoms with Crippen molar-refractivity contribution in [3.8, 4) is 11.5 Å². The molecular weight excluding hydrogens is 280 g/mol. The van der Waals surface area contributed by atoms with Gasteiger partial charge >= 0.3 is 6.03 Å². The molecule has 0 radical (unpaired) electrons. The van der Waals surface area contributed by atoms with Gasteiger partial charge in [0.05, 0.1) is 14.2 Å². The second-order valence-electron chi connectivity index (χ2n) is 5.54. The summed E-state index contributed by atoms with van der Waals surface area (Å²) in [7, 11) is 3.14. The van der Waals surface area contributed by atoms with Gasteiger partial charge in [-0.15, -0.1) is 0 Å². The summed E-state index contributed by atoms with van der Waals surface area (Å²) >= 11 is 0. The first-order chi connectivity index (χ1) is 10.6. The summed E-state index contributed by atoms with van der Waals surface area (Å²) < 4.78 is 10.4. The van der Waals surface area contributed by atoms with E-state index in [9.17, 15) is 4.79 Å². The van der Waals surface area contributed by atoms with Gasteiger partial charge in [-0.25, -0.2) is 4.79 Å². The predicted molar refractivity (Wildman–Crippen MR) is 87.4 cm³/mol. The Morgan fingerprint density at radius 1 is 1.18 bits per heavy atom. The van der Waals surface area contributed by atoms with Crippen molar-refractivity contribution in [2.45, 2.75) is 32.6 Å². The van der Waals surface area contributed by atoms with E-state index in [2.05, 4.69) is 17.6 Å². The number of rotatable bonds is 5. The van der Waals surface area contributed by atoms with Crippen LogP contribution < -0.4 is 20.1 Å².